The lowest BCUT2D eigenvalue weighted by atomic mass is 10.2. The van der Waals surface area contributed by atoms with Crippen LogP contribution in [0.15, 0.2) is 48.8 Å². The van der Waals surface area contributed by atoms with Crippen LogP contribution in [0.4, 0.5) is 17.5 Å². The van der Waals surface area contributed by atoms with Crippen molar-refractivity contribution in [2.24, 2.45) is 0 Å². The number of hydrogen-bond acceptors (Lipinski definition) is 6. The molecular formula is C18H17Cl2N5O. The maximum absolute atomic E-state index is 8.95. The van der Waals surface area contributed by atoms with E-state index in [1.165, 1.54) is 0 Å². The van der Waals surface area contributed by atoms with E-state index in [4.69, 9.17) is 28.3 Å². The van der Waals surface area contributed by atoms with Gasteiger partial charge in [-0.05, 0) is 36.8 Å². The molecule has 134 valence electrons. The summed E-state index contributed by atoms with van der Waals surface area (Å²) in [5.41, 5.74) is 2.27. The smallest absolute Gasteiger partial charge is 0.225 e. The van der Waals surface area contributed by atoms with Crippen LogP contribution in [-0.2, 0) is 0 Å². The summed E-state index contributed by atoms with van der Waals surface area (Å²) in [6.07, 6.45) is 4.04. The Balaban J connectivity index is 1.93. The number of pyridine rings is 1. The van der Waals surface area contributed by atoms with Crippen LogP contribution in [0.2, 0.25) is 10.0 Å². The number of benzene rings is 1. The Morgan fingerprint density at radius 2 is 1.96 bits per heavy atom. The molecule has 2 aromatic heterocycles. The predicted octanol–water partition coefficient (Wildman–Crippen LogP) is 4.38. The molecule has 0 aliphatic rings. The normalized spacial score (nSPS) is 10.6. The van der Waals surface area contributed by atoms with Crippen LogP contribution in [0.25, 0.3) is 11.3 Å². The third-order valence-electron chi connectivity index (χ3n) is 3.50. The van der Waals surface area contributed by atoms with E-state index in [0.29, 0.717) is 46.2 Å². The molecule has 0 amide bonds. The van der Waals surface area contributed by atoms with Gasteiger partial charge in [0.1, 0.15) is 5.82 Å². The molecule has 0 bridgehead atoms. The number of halogens is 2. The molecule has 0 unspecified atom stereocenters. The number of nitrogens with zero attached hydrogens (tertiary/aromatic N) is 3. The van der Waals surface area contributed by atoms with E-state index in [1.807, 2.05) is 18.2 Å². The summed E-state index contributed by atoms with van der Waals surface area (Å²) < 4.78 is 0. The molecule has 0 saturated heterocycles. The minimum Gasteiger partial charge on any atom is -0.396 e. The highest BCUT2D eigenvalue weighted by Gasteiger charge is 2.09. The number of rotatable bonds is 7. The first-order chi connectivity index (χ1) is 12.7. The number of nitrogens with one attached hydrogen (secondary N) is 2. The fourth-order valence-corrected chi connectivity index (χ4v) is 2.72. The van der Waals surface area contributed by atoms with E-state index < -0.39 is 0 Å². The van der Waals surface area contributed by atoms with Gasteiger partial charge in [0.2, 0.25) is 5.95 Å². The molecule has 0 spiro atoms. The molecule has 0 aliphatic carbocycles. The zero-order chi connectivity index (χ0) is 18.4. The van der Waals surface area contributed by atoms with Crippen molar-refractivity contribution in [1.29, 1.82) is 0 Å². The van der Waals surface area contributed by atoms with Crippen LogP contribution in [0, 0.1) is 0 Å². The van der Waals surface area contributed by atoms with Crippen LogP contribution in [0.3, 0.4) is 0 Å². The van der Waals surface area contributed by atoms with Crippen LogP contribution in [0.1, 0.15) is 6.42 Å². The molecule has 2 heterocycles. The number of aliphatic hydroxyl groups excluding tert-OH is 1. The Labute approximate surface area is 161 Å². The monoisotopic (exact) mass is 389 g/mol. The first-order valence-electron chi connectivity index (χ1n) is 8.02. The van der Waals surface area contributed by atoms with Crippen molar-refractivity contribution < 1.29 is 5.11 Å². The van der Waals surface area contributed by atoms with E-state index in [9.17, 15) is 0 Å². The molecule has 0 saturated carbocycles. The van der Waals surface area contributed by atoms with Gasteiger partial charge in [0.15, 0.2) is 0 Å². The third-order valence-corrected chi connectivity index (χ3v) is 4.04. The zero-order valence-corrected chi connectivity index (χ0v) is 15.3. The van der Waals surface area contributed by atoms with Crippen molar-refractivity contribution in [1.82, 2.24) is 15.0 Å². The van der Waals surface area contributed by atoms with Crippen molar-refractivity contribution in [2.75, 3.05) is 23.8 Å². The number of hydrogen-bond donors (Lipinski definition) is 3. The van der Waals surface area contributed by atoms with Gasteiger partial charge in [0.05, 0.1) is 16.4 Å². The summed E-state index contributed by atoms with van der Waals surface area (Å²) in [7, 11) is 0. The Morgan fingerprint density at radius 3 is 2.69 bits per heavy atom. The molecule has 3 rings (SSSR count). The lowest BCUT2D eigenvalue weighted by Gasteiger charge is -2.12. The van der Waals surface area contributed by atoms with Gasteiger partial charge in [-0.15, -0.1) is 0 Å². The maximum atomic E-state index is 8.95. The van der Waals surface area contributed by atoms with Crippen molar-refractivity contribution >= 4 is 40.7 Å². The first kappa shape index (κ1) is 18.4. The lowest BCUT2D eigenvalue weighted by molar-refractivity contribution is 0.292. The van der Waals surface area contributed by atoms with Crippen molar-refractivity contribution in [2.45, 2.75) is 6.42 Å². The second kappa shape index (κ2) is 8.80. The SMILES string of the molecule is OCCCNc1nc(Nc2ccc(Cl)cc2Cl)cc(-c2cccnc2)n1. The highest BCUT2D eigenvalue weighted by molar-refractivity contribution is 6.36. The third kappa shape index (κ3) is 4.82. The topological polar surface area (TPSA) is 83.0 Å². The van der Waals surface area contributed by atoms with Gasteiger partial charge < -0.3 is 15.7 Å². The standard InChI is InChI=1S/C18H17Cl2N5O/c19-13-4-5-15(14(20)9-13)23-17-10-16(12-3-1-6-21-11-12)24-18(25-17)22-7-2-8-26/h1,3-6,9-11,26H,2,7-8H2,(H2,22,23,24,25). The van der Waals surface area contributed by atoms with E-state index in [0.717, 1.165) is 5.56 Å². The lowest BCUT2D eigenvalue weighted by Crippen LogP contribution is -2.08. The summed E-state index contributed by atoms with van der Waals surface area (Å²) in [6, 6.07) is 10.8. The van der Waals surface area contributed by atoms with Crippen molar-refractivity contribution in [3.8, 4) is 11.3 Å². The summed E-state index contributed by atoms with van der Waals surface area (Å²) in [5.74, 6) is 1.03. The van der Waals surface area contributed by atoms with Gasteiger partial charge in [0, 0.05) is 42.2 Å². The van der Waals surface area contributed by atoms with Gasteiger partial charge in [-0.1, -0.05) is 23.2 Å². The zero-order valence-electron chi connectivity index (χ0n) is 13.8. The molecule has 8 heteroatoms. The molecule has 3 N–H and O–H groups in total. The highest BCUT2D eigenvalue weighted by Crippen LogP contribution is 2.29. The Hall–Kier alpha value is -2.41. The number of aliphatic hydroxyl groups is 1. The van der Waals surface area contributed by atoms with E-state index >= 15 is 0 Å². The molecule has 0 aliphatic heterocycles. The summed E-state index contributed by atoms with van der Waals surface area (Å²) >= 11 is 12.2. The minimum atomic E-state index is 0.0980. The Morgan fingerprint density at radius 1 is 1.08 bits per heavy atom. The predicted molar refractivity (Wildman–Crippen MR) is 105 cm³/mol. The van der Waals surface area contributed by atoms with Crippen LogP contribution < -0.4 is 10.6 Å². The number of anilines is 3. The Bertz CT molecular complexity index is 877. The van der Waals surface area contributed by atoms with Gasteiger partial charge >= 0.3 is 0 Å². The quantitative estimate of drug-likeness (QED) is 0.520. The molecule has 26 heavy (non-hydrogen) atoms. The van der Waals surface area contributed by atoms with Crippen LogP contribution in [-0.4, -0.2) is 33.2 Å². The number of aromatic nitrogens is 3. The van der Waals surface area contributed by atoms with E-state index in [-0.39, 0.29) is 6.61 Å². The highest BCUT2D eigenvalue weighted by atomic mass is 35.5. The second-order valence-electron chi connectivity index (χ2n) is 5.46. The van der Waals surface area contributed by atoms with Crippen molar-refractivity contribution in [3.05, 3.63) is 58.8 Å². The summed E-state index contributed by atoms with van der Waals surface area (Å²) in [5, 5.41) is 16.3. The second-order valence-corrected chi connectivity index (χ2v) is 6.30. The molecule has 1 aromatic carbocycles. The largest absolute Gasteiger partial charge is 0.396 e. The molecule has 3 aromatic rings. The minimum absolute atomic E-state index is 0.0980. The maximum Gasteiger partial charge on any atom is 0.225 e. The first-order valence-corrected chi connectivity index (χ1v) is 8.77. The Kier molecular flexibility index (Phi) is 6.22. The van der Waals surface area contributed by atoms with E-state index in [1.54, 1.807) is 30.6 Å². The fourth-order valence-electron chi connectivity index (χ4n) is 2.26. The molecular weight excluding hydrogens is 373 g/mol. The molecule has 0 radical (unpaired) electrons. The van der Waals surface area contributed by atoms with Crippen LogP contribution in [0.5, 0.6) is 0 Å². The average Bonchev–Trinajstić information content (AvgIpc) is 2.65. The van der Waals surface area contributed by atoms with E-state index in [2.05, 4.69) is 25.6 Å². The molecule has 6 nitrogen and oxygen atoms in total. The van der Waals surface area contributed by atoms with Gasteiger partial charge in [-0.3, -0.25) is 4.98 Å². The van der Waals surface area contributed by atoms with Crippen molar-refractivity contribution in [3.63, 3.8) is 0 Å². The van der Waals surface area contributed by atoms with Gasteiger partial charge in [-0.2, -0.15) is 4.98 Å². The average molecular weight is 390 g/mol. The molecule has 0 fully saturated rings. The van der Waals surface area contributed by atoms with Crippen LogP contribution >= 0.6 is 23.2 Å². The summed E-state index contributed by atoms with van der Waals surface area (Å²) in [4.78, 5) is 13.1. The fraction of sp³-hybridized carbons (Fsp3) is 0.167. The molecule has 0 atom stereocenters. The summed E-state index contributed by atoms with van der Waals surface area (Å²) in [6.45, 7) is 0.662. The van der Waals surface area contributed by atoms with Gasteiger partial charge in [-0.25, -0.2) is 4.98 Å². The van der Waals surface area contributed by atoms with Gasteiger partial charge in [0.25, 0.3) is 0 Å².